The molecular weight excluding hydrogens is 358 g/mol. The van der Waals surface area contributed by atoms with Gasteiger partial charge < -0.3 is 14.8 Å². The molecule has 1 fully saturated rings. The predicted molar refractivity (Wildman–Crippen MR) is 109 cm³/mol. The SMILES string of the molecule is COCCOc1ccc(NN=O)c(NCc2ccc(CN3CCCC3)cc2)n1. The Morgan fingerprint density at radius 1 is 1.07 bits per heavy atom. The fourth-order valence-electron chi connectivity index (χ4n) is 3.17. The van der Waals surface area contributed by atoms with Gasteiger partial charge in [0, 0.05) is 26.3 Å². The van der Waals surface area contributed by atoms with Gasteiger partial charge in [-0.05, 0) is 43.1 Å². The van der Waals surface area contributed by atoms with Crippen molar-refractivity contribution in [2.45, 2.75) is 25.9 Å². The molecule has 2 N–H and O–H groups in total. The zero-order chi connectivity index (χ0) is 19.6. The highest BCUT2D eigenvalue weighted by atomic mass is 16.5. The number of aromatic nitrogens is 1. The molecule has 28 heavy (non-hydrogen) atoms. The molecule has 0 atom stereocenters. The van der Waals surface area contributed by atoms with Crippen molar-refractivity contribution in [3.05, 3.63) is 52.4 Å². The van der Waals surface area contributed by atoms with Crippen molar-refractivity contribution in [1.29, 1.82) is 0 Å². The Labute approximate surface area is 165 Å². The maximum atomic E-state index is 10.6. The molecule has 0 saturated carbocycles. The molecule has 1 aliphatic rings. The number of anilines is 2. The number of nitrogens with zero attached hydrogens (tertiary/aromatic N) is 3. The number of hydrogen-bond donors (Lipinski definition) is 2. The van der Waals surface area contributed by atoms with E-state index < -0.39 is 0 Å². The lowest BCUT2D eigenvalue weighted by atomic mass is 10.1. The molecule has 0 aliphatic carbocycles. The third-order valence-electron chi connectivity index (χ3n) is 4.66. The summed E-state index contributed by atoms with van der Waals surface area (Å²) in [6.45, 7) is 4.85. The van der Waals surface area contributed by atoms with Crippen LogP contribution in [0.4, 0.5) is 11.5 Å². The molecule has 1 aliphatic heterocycles. The molecule has 8 nitrogen and oxygen atoms in total. The largest absolute Gasteiger partial charge is 0.475 e. The summed E-state index contributed by atoms with van der Waals surface area (Å²) in [5, 5.41) is 5.99. The number of nitroso groups, excluding NO2 is 1. The van der Waals surface area contributed by atoms with Crippen molar-refractivity contribution < 1.29 is 9.47 Å². The number of benzene rings is 1. The predicted octanol–water partition coefficient (Wildman–Crippen LogP) is 3.41. The number of nitrogens with one attached hydrogen (secondary N) is 2. The summed E-state index contributed by atoms with van der Waals surface area (Å²) in [6.07, 6.45) is 2.60. The van der Waals surface area contributed by atoms with E-state index in [2.05, 4.69) is 50.2 Å². The first kappa shape index (κ1) is 20.0. The minimum Gasteiger partial charge on any atom is -0.475 e. The average molecular weight is 385 g/mol. The summed E-state index contributed by atoms with van der Waals surface area (Å²) in [7, 11) is 1.61. The lowest BCUT2D eigenvalue weighted by Gasteiger charge is -2.15. The minimum absolute atomic E-state index is 0.403. The summed E-state index contributed by atoms with van der Waals surface area (Å²) >= 11 is 0. The van der Waals surface area contributed by atoms with E-state index in [0.717, 1.165) is 12.1 Å². The first-order valence-electron chi connectivity index (χ1n) is 9.53. The normalized spacial score (nSPS) is 14.0. The smallest absolute Gasteiger partial charge is 0.215 e. The third kappa shape index (κ3) is 5.90. The van der Waals surface area contributed by atoms with Crippen LogP contribution in [0.25, 0.3) is 0 Å². The van der Waals surface area contributed by atoms with E-state index in [9.17, 15) is 4.91 Å². The summed E-state index contributed by atoms with van der Waals surface area (Å²) in [5.41, 5.74) is 5.37. The van der Waals surface area contributed by atoms with Crippen LogP contribution in [-0.4, -0.2) is 43.3 Å². The molecule has 1 aromatic carbocycles. The Morgan fingerprint density at radius 3 is 2.54 bits per heavy atom. The Bertz CT molecular complexity index is 748. The van der Waals surface area contributed by atoms with Gasteiger partial charge >= 0.3 is 0 Å². The van der Waals surface area contributed by atoms with E-state index >= 15 is 0 Å². The average Bonchev–Trinajstić information content (AvgIpc) is 3.22. The first-order valence-corrected chi connectivity index (χ1v) is 9.53. The van der Waals surface area contributed by atoms with Gasteiger partial charge in [-0.25, -0.2) is 5.43 Å². The van der Waals surface area contributed by atoms with Gasteiger partial charge in [0.1, 0.15) is 12.3 Å². The van der Waals surface area contributed by atoms with Gasteiger partial charge in [-0.1, -0.05) is 24.3 Å². The molecule has 0 amide bonds. The Morgan fingerprint density at radius 2 is 1.82 bits per heavy atom. The van der Waals surface area contributed by atoms with Crippen LogP contribution in [0.1, 0.15) is 24.0 Å². The highest BCUT2D eigenvalue weighted by molar-refractivity contribution is 5.64. The van der Waals surface area contributed by atoms with E-state index in [-0.39, 0.29) is 0 Å². The Balaban J connectivity index is 1.59. The minimum atomic E-state index is 0.403. The van der Waals surface area contributed by atoms with Crippen LogP contribution in [0.5, 0.6) is 5.88 Å². The van der Waals surface area contributed by atoms with Crippen molar-refractivity contribution in [1.82, 2.24) is 9.88 Å². The summed E-state index contributed by atoms with van der Waals surface area (Å²) in [5.74, 6) is 0.965. The maximum Gasteiger partial charge on any atom is 0.215 e. The van der Waals surface area contributed by atoms with Crippen molar-refractivity contribution >= 4 is 11.5 Å². The van der Waals surface area contributed by atoms with Gasteiger partial charge in [0.25, 0.3) is 0 Å². The maximum absolute atomic E-state index is 10.6. The van der Waals surface area contributed by atoms with Crippen LogP contribution in [0.3, 0.4) is 0 Å². The summed E-state index contributed by atoms with van der Waals surface area (Å²) in [4.78, 5) is 17.5. The molecule has 150 valence electrons. The molecule has 0 spiro atoms. The summed E-state index contributed by atoms with van der Waals surface area (Å²) < 4.78 is 10.5. The standard InChI is InChI=1S/C20H27N5O3/c1-27-12-13-28-19-9-8-18(23-24-26)20(22-19)21-14-16-4-6-17(7-5-16)15-25-10-2-3-11-25/h4-9H,2-3,10-15H2,1H3,(H,21,22)(H,23,26). The molecular formula is C20H27N5O3. The van der Waals surface area contributed by atoms with E-state index in [1.54, 1.807) is 19.2 Å². The van der Waals surface area contributed by atoms with Crippen LogP contribution in [0, 0.1) is 4.91 Å². The van der Waals surface area contributed by atoms with Crippen LogP contribution in [0.2, 0.25) is 0 Å². The van der Waals surface area contributed by atoms with Crippen LogP contribution in [0.15, 0.2) is 41.7 Å². The lowest BCUT2D eigenvalue weighted by molar-refractivity contribution is 0.144. The number of pyridine rings is 1. The first-order chi connectivity index (χ1) is 13.8. The van der Waals surface area contributed by atoms with Crippen molar-refractivity contribution in [3.8, 4) is 5.88 Å². The van der Waals surface area contributed by atoms with E-state index in [0.29, 0.717) is 37.1 Å². The third-order valence-corrected chi connectivity index (χ3v) is 4.66. The van der Waals surface area contributed by atoms with E-state index in [1.165, 1.54) is 31.5 Å². The number of rotatable bonds is 11. The van der Waals surface area contributed by atoms with E-state index in [1.807, 2.05) is 0 Å². The van der Waals surface area contributed by atoms with Crippen LogP contribution in [-0.2, 0) is 17.8 Å². The highest BCUT2D eigenvalue weighted by Crippen LogP contribution is 2.24. The lowest BCUT2D eigenvalue weighted by Crippen LogP contribution is -2.18. The molecule has 1 saturated heterocycles. The van der Waals surface area contributed by atoms with Gasteiger partial charge in [0.2, 0.25) is 5.88 Å². The fourth-order valence-corrected chi connectivity index (χ4v) is 3.17. The molecule has 2 heterocycles. The van der Waals surface area contributed by atoms with Crippen molar-refractivity contribution in [2.75, 3.05) is 44.2 Å². The number of ether oxygens (including phenoxy) is 2. The number of likely N-dealkylation sites (tertiary alicyclic amines) is 1. The fraction of sp³-hybridized carbons (Fsp3) is 0.450. The van der Waals surface area contributed by atoms with Gasteiger partial charge in [0.15, 0.2) is 5.82 Å². The number of hydrogen-bond acceptors (Lipinski definition) is 7. The second kappa shape index (κ2) is 10.6. The van der Waals surface area contributed by atoms with Crippen LogP contribution >= 0.6 is 0 Å². The Hall–Kier alpha value is -2.71. The molecule has 0 unspecified atom stereocenters. The zero-order valence-corrected chi connectivity index (χ0v) is 16.2. The van der Waals surface area contributed by atoms with Gasteiger partial charge in [-0.2, -0.15) is 4.98 Å². The topological polar surface area (TPSA) is 88.1 Å². The molecule has 0 bridgehead atoms. The zero-order valence-electron chi connectivity index (χ0n) is 16.2. The molecule has 0 radical (unpaired) electrons. The molecule has 8 heteroatoms. The highest BCUT2D eigenvalue weighted by Gasteiger charge is 2.11. The van der Waals surface area contributed by atoms with Crippen molar-refractivity contribution in [2.24, 2.45) is 5.29 Å². The Kier molecular flexibility index (Phi) is 7.57. The second-order valence-corrected chi connectivity index (χ2v) is 6.74. The van der Waals surface area contributed by atoms with Crippen molar-refractivity contribution in [3.63, 3.8) is 0 Å². The monoisotopic (exact) mass is 385 g/mol. The summed E-state index contributed by atoms with van der Waals surface area (Å²) in [6, 6.07) is 11.9. The number of methoxy groups -OCH3 is 1. The molecule has 1 aromatic heterocycles. The van der Waals surface area contributed by atoms with Gasteiger partial charge in [-0.3, -0.25) is 4.90 Å². The van der Waals surface area contributed by atoms with Gasteiger partial charge in [-0.15, -0.1) is 4.91 Å². The second-order valence-electron chi connectivity index (χ2n) is 6.74. The molecule has 3 rings (SSSR count). The van der Waals surface area contributed by atoms with E-state index in [4.69, 9.17) is 9.47 Å². The quantitative estimate of drug-likeness (QED) is 0.348. The molecule has 2 aromatic rings. The van der Waals surface area contributed by atoms with Crippen LogP contribution < -0.4 is 15.5 Å². The van der Waals surface area contributed by atoms with Gasteiger partial charge in [0.05, 0.1) is 11.9 Å².